The molecule has 92 valence electrons. The Kier molecular flexibility index (Phi) is 2.63. The Morgan fingerprint density at radius 2 is 2.17 bits per heavy atom. The van der Waals surface area contributed by atoms with E-state index in [-0.39, 0.29) is 0 Å². The van der Waals surface area contributed by atoms with Crippen LogP contribution in [0.25, 0.3) is 11.4 Å². The number of aliphatic imine (C=N–C) groups is 1. The van der Waals surface area contributed by atoms with Gasteiger partial charge in [0.2, 0.25) is 0 Å². The molecular formula is C14H16N3O+. The van der Waals surface area contributed by atoms with Gasteiger partial charge in [-0.1, -0.05) is 18.2 Å². The van der Waals surface area contributed by atoms with Crippen molar-refractivity contribution in [2.75, 3.05) is 13.2 Å². The van der Waals surface area contributed by atoms with Gasteiger partial charge in [-0.3, -0.25) is 0 Å². The molecule has 3 rings (SSSR count). The van der Waals surface area contributed by atoms with Crippen molar-refractivity contribution in [1.29, 1.82) is 0 Å². The van der Waals surface area contributed by atoms with Crippen molar-refractivity contribution in [2.45, 2.75) is 6.92 Å². The van der Waals surface area contributed by atoms with E-state index in [0.29, 0.717) is 12.6 Å². The first-order valence-corrected chi connectivity index (χ1v) is 6.08. The van der Waals surface area contributed by atoms with Crippen molar-refractivity contribution >= 4 is 6.02 Å². The van der Waals surface area contributed by atoms with E-state index < -0.39 is 0 Å². The van der Waals surface area contributed by atoms with E-state index in [9.17, 15) is 0 Å². The summed E-state index contributed by atoms with van der Waals surface area (Å²) < 4.78 is 9.65. The van der Waals surface area contributed by atoms with Gasteiger partial charge in [-0.15, -0.1) is 4.57 Å². The molecule has 0 spiro atoms. The van der Waals surface area contributed by atoms with Gasteiger partial charge in [0.25, 0.3) is 5.82 Å². The van der Waals surface area contributed by atoms with E-state index in [4.69, 9.17) is 4.74 Å². The summed E-state index contributed by atoms with van der Waals surface area (Å²) in [5, 5.41) is 0. The van der Waals surface area contributed by atoms with Crippen LogP contribution in [0.1, 0.15) is 5.56 Å². The first kappa shape index (κ1) is 11.0. The highest BCUT2D eigenvalue weighted by Crippen LogP contribution is 2.20. The summed E-state index contributed by atoms with van der Waals surface area (Å²) in [4.78, 5) is 4.38. The number of rotatable bonds is 1. The lowest BCUT2D eigenvalue weighted by atomic mass is 10.1. The highest BCUT2D eigenvalue weighted by Gasteiger charge is 2.25. The molecule has 1 aromatic carbocycles. The minimum absolute atomic E-state index is 0.671. The Morgan fingerprint density at radius 3 is 2.89 bits per heavy atom. The van der Waals surface area contributed by atoms with Gasteiger partial charge in [0.1, 0.15) is 19.0 Å². The van der Waals surface area contributed by atoms with E-state index in [1.807, 2.05) is 24.0 Å². The second kappa shape index (κ2) is 4.29. The average molecular weight is 242 g/mol. The van der Waals surface area contributed by atoms with E-state index in [1.54, 1.807) is 0 Å². The first-order valence-electron chi connectivity index (χ1n) is 6.08. The minimum Gasteiger partial charge on any atom is -0.445 e. The molecule has 0 fully saturated rings. The first-order chi connectivity index (χ1) is 8.77. The summed E-state index contributed by atoms with van der Waals surface area (Å²) in [7, 11) is 2.04. The molecule has 4 heteroatoms. The number of aromatic nitrogens is 2. The lowest BCUT2D eigenvalue weighted by Crippen LogP contribution is -2.30. The maximum absolute atomic E-state index is 5.55. The molecule has 0 unspecified atom stereocenters. The van der Waals surface area contributed by atoms with Gasteiger partial charge >= 0.3 is 6.02 Å². The number of hydrogen-bond acceptors (Lipinski definition) is 2. The third-order valence-corrected chi connectivity index (χ3v) is 3.16. The molecule has 1 aliphatic rings. The number of benzene rings is 1. The van der Waals surface area contributed by atoms with Crippen LogP contribution in [0.5, 0.6) is 0 Å². The van der Waals surface area contributed by atoms with Crippen LogP contribution in [0.3, 0.4) is 0 Å². The lowest BCUT2D eigenvalue weighted by Gasteiger charge is -2.04. The molecule has 0 aliphatic carbocycles. The number of ether oxygens (including phenoxy) is 1. The number of hydrogen-bond donors (Lipinski definition) is 0. The van der Waals surface area contributed by atoms with Crippen molar-refractivity contribution in [3.05, 3.63) is 42.2 Å². The fraction of sp³-hybridized carbons (Fsp3) is 0.286. The SMILES string of the molecule is Cc1ccccc1-c1n(C2=NCCO2)cc[n+]1C. The number of nitrogens with zero attached hydrogens (tertiary/aromatic N) is 3. The second-order valence-electron chi connectivity index (χ2n) is 4.43. The minimum atomic E-state index is 0.671. The normalized spacial score (nSPS) is 14.4. The van der Waals surface area contributed by atoms with E-state index in [1.165, 1.54) is 11.1 Å². The van der Waals surface area contributed by atoms with Crippen molar-refractivity contribution < 1.29 is 9.30 Å². The summed E-state index contributed by atoms with van der Waals surface area (Å²) >= 11 is 0. The fourth-order valence-electron chi connectivity index (χ4n) is 2.25. The van der Waals surface area contributed by atoms with Crippen LogP contribution >= 0.6 is 0 Å². The summed E-state index contributed by atoms with van der Waals surface area (Å²) in [6.45, 7) is 3.53. The van der Waals surface area contributed by atoms with Gasteiger partial charge in [-0.2, -0.15) is 0 Å². The fourth-order valence-corrected chi connectivity index (χ4v) is 2.25. The van der Waals surface area contributed by atoms with Gasteiger partial charge in [0.05, 0.1) is 19.2 Å². The molecule has 0 radical (unpaired) electrons. The maximum atomic E-state index is 5.55. The predicted octanol–water partition coefficient (Wildman–Crippen LogP) is 1.52. The summed E-state index contributed by atoms with van der Waals surface area (Å²) in [6, 6.07) is 9.03. The molecule has 4 nitrogen and oxygen atoms in total. The molecule has 0 saturated heterocycles. The summed E-state index contributed by atoms with van der Waals surface area (Å²) in [5.74, 6) is 1.09. The van der Waals surface area contributed by atoms with Crippen LogP contribution in [-0.4, -0.2) is 23.7 Å². The van der Waals surface area contributed by atoms with Crippen molar-refractivity contribution in [3.63, 3.8) is 0 Å². The van der Waals surface area contributed by atoms with E-state index >= 15 is 0 Å². The van der Waals surface area contributed by atoms with Crippen LogP contribution in [0, 0.1) is 6.92 Å². The van der Waals surface area contributed by atoms with Crippen LogP contribution in [0.2, 0.25) is 0 Å². The molecule has 1 aliphatic heterocycles. The Morgan fingerprint density at radius 1 is 1.33 bits per heavy atom. The Bertz CT molecular complexity index is 613. The molecule has 0 atom stereocenters. The molecule has 2 heterocycles. The monoisotopic (exact) mass is 242 g/mol. The Balaban J connectivity index is 2.17. The number of imidazole rings is 1. The molecule has 0 bridgehead atoms. The summed E-state index contributed by atoms with van der Waals surface area (Å²) in [6.07, 6.45) is 4.01. The molecule has 0 amide bonds. The third-order valence-electron chi connectivity index (χ3n) is 3.16. The van der Waals surface area contributed by atoms with Gasteiger partial charge in [-0.05, 0) is 18.6 Å². The zero-order valence-corrected chi connectivity index (χ0v) is 10.6. The molecule has 0 N–H and O–H groups in total. The zero-order valence-electron chi connectivity index (χ0n) is 10.6. The number of aryl methyl sites for hydroxylation is 2. The van der Waals surface area contributed by atoms with Crippen LogP contribution < -0.4 is 4.57 Å². The van der Waals surface area contributed by atoms with Crippen molar-refractivity contribution in [3.8, 4) is 11.4 Å². The topological polar surface area (TPSA) is 30.4 Å². The molecular weight excluding hydrogens is 226 g/mol. The highest BCUT2D eigenvalue weighted by atomic mass is 16.5. The van der Waals surface area contributed by atoms with Crippen LogP contribution in [-0.2, 0) is 11.8 Å². The van der Waals surface area contributed by atoms with E-state index in [0.717, 1.165) is 12.4 Å². The second-order valence-corrected chi connectivity index (χ2v) is 4.43. The molecule has 2 aromatic rings. The summed E-state index contributed by atoms with van der Waals surface area (Å²) in [5.41, 5.74) is 2.44. The molecule has 1 aromatic heterocycles. The van der Waals surface area contributed by atoms with Gasteiger partial charge < -0.3 is 4.74 Å². The highest BCUT2D eigenvalue weighted by molar-refractivity contribution is 5.81. The Labute approximate surface area is 106 Å². The van der Waals surface area contributed by atoms with Crippen molar-refractivity contribution in [2.24, 2.45) is 12.0 Å². The van der Waals surface area contributed by atoms with Crippen molar-refractivity contribution in [1.82, 2.24) is 4.57 Å². The predicted molar refractivity (Wildman–Crippen MR) is 69.4 cm³/mol. The van der Waals surface area contributed by atoms with Crippen LogP contribution in [0.15, 0.2) is 41.7 Å². The molecule has 0 saturated carbocycles. The van der Waals surface area contributed by atoms with Gasteiger partial charge in [-0.25, -0.2) is 9.56 Å². The Hall–Kier alpha value is -2.10. The smallest absolute Gasteiger partial charge is 0.390 e. The third kappa shape index (κ3) is 1.70. The van der Waals surface area contributed by atoms with Gasteiger partial charge in [0, 0.05) is 0 Å². The quantitative estimate of drug-likeness (QED) is 0.697. The van der Waals surface area contributed by atoms with E-state index in [2.05, 4.69) is 40.7 Å². The molecule has 18 heavy (non-hydrogen) atoms. The standard InChI is InChI=1S/C14H16N3O/c1-11-5-3-4-6-12(11)13-16(2)8-9-17(13)14-15-7-10-18-14/h3-6,8-9H,7,10H2,1-2H3/q+1. The lowest BCUT2D eigenvalue weighted by molar-refractivity contribution is -0.659. The maximum Gasteiger partial charge on any atom is 0.390 e. The van der Waals surface area contributed by atoms with Crippen LogP contribution in [0.4, 0.5) is 0 Å². The largest absolute Gasteiger partial charge is 0.445 e. The van der Waals surface area contributed by atoms with Gasteiger partial charge in [0.15, 0.2) is 0 Å². The average Bonchev–Trinajstić information content (AvgIpc) is 2.99. The zero-order chi connectivity index (χ0) is 12.5.